The second-order valence-electron chi connectivity index (χ2n) is 18.5. The molecule has 0 aromatic heterocycles. The molecule has 0 amide bonds. The Morgan fingerprint density at radius 2 is 0.750 bits per heavy atom. The van der Waals surface area contributed by atoms with E-state index in [2.05, 4.69) is 18.6 Å². The Morgan fingerprint density at radius 1 is 0.471 bits per heavy atom. The first-order valence-electron chi connectivity index (χ1n) is 26.2. The fourth-order valence-electron chi connectivity index (χ4n) is 8.11. The molecule has 384 valence electrons. The van der Waals surface area contributed by atoms with E-state index in [0.717, 1.165) is 51.4 Å². The maximum atomic E-state index is 11.6. The van der Waals surface area contributed by atoms with Gasteiger partial charge in [0.2, 0.25) is 0 Å². The van der Waals surface area contributed by atoms with Crippen molar-refractivity contribution in [1.29, 1.82) is 0 Å². The molecule has 3 N–H and O–H groups in total. The van der Waals surface area contributed by atoms with E-state index in [1.165, 1.54) is 167 Å². The van der Waals surface area contributed by atoms with Gasteiger partial charge in [-0.15, -0.1) is 0 Å². The van der Waals surface area contributed by atoms with Crippen molar-refractivity contribution in [2.24, 2.45) is 5.73 Å². The average molecular weight is 1010 g/mol. The van der Waals surface area contributed by atoms with Crippen molar-refractivity contribution in [2.45, 2.75) is 294 Å². The predicted molar refractivity (Wildman–Crippen MR) is 254 cm³/mol. The number of nitrogens with two attached hydrogens (primary N) is 1. The van der Waals surface area contributed by atoms with Gasteiger partial charge >= 0.3 is 101 Å². The zero-order valence-electron chi connectivity index (χ0n) is 44.2. The number of carbonyl (C=O) groups excluding carboxylic acids is 5. The third kappa shape index (κ3) is 50.0. The SMILES string of the molecule is CCCCCCCC(=O)OC(=O)[C@@H](N)CCC(=O)[O-].CCCCCCCCCCCCCCCCCCCCCCCCCCCCCCCCCCC(CC(=O)[O-])(C(=O)[O-])S(=O)(=O)O.[Na+].[Na+].[Na+]. The van der Waals surface area contributed by atoms with E-state index < -0.39 is 63.6 Å². The molecule has 13 nitrogen and oxygen atoms in total. The molecule has 0 spiro atoms. The largest absolute Gasteiger partial charge is 1.00 e. The van der Waals surface area contributed by atoms with E-state index in [1.54, 1.807) is 0 Å². The molecule has 0 fully saturated rings. The molecule has 0 aliphatic rings. The molecule has 0 aromatic rings. The first-order valence-corrected chi connectivity index (χ1v) is 27.7. The monoisotopic (exact) mass is 1010 g/mol. The van der Waals surface area contributed by atoms with Crippen LogP contribution in [0.3, 0.4) is 0 Å². The first-order chi connectivity index (χ1) is 31.1. The number of carboxylic acid groups (broad SMARTS) is 3. The Morgan fingerprint density at radius 3 is 1.00 bits per heavy atom. The van der Waals surface area contributed by atoms with Gasteiger partial charge in [0.25, 0.3) is 10.1 Å². The van der Waals surface area contributed by atoms with Crippen LogP contribution in [-0.2, 0) is 38.8 Å². The predicted octanol–water partition coefficient (Wildman–Crippen LogP) is 0.682. The van der Waals surface area contributed by atoms with Crippen molar-refractivity contribution in [3.63, 3.8) is 0 Å². The van der Waals surface area contributed by atoms with E-state index in [4.69, 9.17) is 5.73 Å². The summed E-state index contributed by atoms with van der Waals surface area (Å²) < 4.78 is 34.2. The minimum Gasteiger partial charge on any atom is -0.550 e. The summed E-state index contributed by atoms with van der Waals surface area (Å²) in [6, 6.07) is -1.10. The molecule has 0 bridgehead atoms. The molecule has 0 rings (SSSR count). The van der Waals surface area contributed by atoms with E-state index in [-0.39, 0.29) is 114 Å². The molecule has 0 saturated heterocycles. The van der Waals surface area contributed by atoms with Crippen LogP contribution in [0.25, 0.3) is 0 Å². The Bertz CT molecular complexity index is 1310. The topological polar surface area (TPSA) is 244 Å². The molecule has 17 heteroatoms. The minimum atomic E-state index is -5.14. The quantitative estimate of drug-likeness (QED) is 0.0281. The fourth-order valence-corrected chi connectivity index (χ4v) is 9.02. The number of rotatable bonds is 47. The van der Waals surface area contributed by atoms with Crippen molar-refractivity contribution in [1.82, 2.24) is 0 Å². The number of hydrogen-bond acceptors (Lipinski definition) is 12. The van der Waals surface area contributed by atoms with E-state index in [9.17, 15) is 52.3 Å². The smallest absolute Gasteiger partial charge is 0.550 e. The van der Waals surface area contributed by atoms with E-state index in [1.807, 2.05) is 0 Å². The molecule has 0 aliphatic carbocycles. The van der Waals surface area contributed by atoms with Gasteiger partial charge in [0.1, 0.15) is 10.8 Å². The molecular formula is C51H94NNa3O12S. The molecule has 2 atom stereocenters. The Kier molecular flexibility index (Phi) is 62.7. The van der Waals surface area contributed by atoms with Crippen LogP contribution in [0.15, 0.2) is 0 Å². The summed E-state index contributed by atoms with van der Waals surface area (Å²) in [5.74, 6) is -6.71. The molecule has 0 aromatic carbocycles. The number of carbonyl (C=O) groups is 5. The molecule has 0 heterocycles. The molecule has 1 unspecified atom stereocenters. The van der Waals surface area contributed by atoms with Gasteiger partial charge in [-0.2, -0.15) is 8.42 Å². The summed E-state index contributed by atoms with van der Waals surface area (Å²) >= 11 is 0. The molecular weight excluding hydrogens is 920 g/mol. The van der Waals surface area contributed by atoms with Crippen LogP contribution >= 0.6 is 0 Å². The summed E-state index contributed by atoms with van der Waals surface area (Å²) in [6.07, 6.45) is 43.9. The molecule has 68 heavy (non-hydrogen) atoms. The summed E-state index contributed by atoms with van der Waals surface area (Å²) in [7, 11) is -5.14. The number of aliphatic carboxylic acids is 3. The van der Waals surface area contributed by atoms with Gasteiger partial charge in [-0.1, -0.05) is 245 Å². The van der Waals surface area contributed by atoms with Crippen molar-refractivity contribution in [3.8, 4) is 0 Å². The fraction of sp³-hybridized carbons (Fsp3) is 0.902. The van der Waals surface area contributed by atoms with E-state index >= 15 is 0 Å². The van der Waals surface area contributed by atoms with Gasteiger partial charge < -0.3 is 40.2 Å². The van der Waals surface area contributed by atoms with Gasteiger partial charge in [0.15, 0.2) is 0 Å². The third-order valence-corrected chi connectivity index (χ3v) is 13.9. The average Bonchev–Trinajstić information content (AvgIpc) is 3.24. The maximum Gasteiger partial charge on any atom is 1.00 e. The Balaban J connectivity index is -0.000000507. The Labute approximate surface area is 481 Å². The summed E-state index contributed by atoms with van der Waals surface area (Å²) in [6.45, 7) is 4.38. The normalized spacial score (nSPS) is 12.2. The maximum absolute atomic E-state index is 11.6. The Hall–Kier alpha value is 0.420. The minimum absolute atomic E-state index is 0. The van der Waals surface area contributed by atoms with Crippen molar-refractivity contribution in [2.75, 3.05) is 0 Å². The van der Waals surface area contributed by atoms with Gasteiger partial charge in [0, 0.05) is 24.8 Å². The van der Waals surface area contributed by atoms with Crippen LogP contribution in [0.1, 0.15) is 284 Å². The molecule has 0 saturated carbocycles. The summed E-state index contributed by atoms with van der Waals surface area (Å²) in [5, 5.41) is 32.4. The van der Waals surface area contributed by atoms with Gasteiger partial charge in [0.05, 0.1) is 5.97 Å². The van der Waals surface area contributed by atoms with E-state index in [0.29, 0.717) is 12.8 Å². The number of hydrogen-bond donors (Lipinski definition) is 2. The van der Waals surface area contributed by atoms with Crippen molar-refractivity contribution in [3.05, 3.63) is 0 Å². The van der Waals surface area contributed by atoms with Crippen molar-refractivity contribution >= 4 is 40.0 Å². The van der Waals surface area contributed by atoms with Crippen LogP contribution < -0.4 is 110 Å². The number of esters is 2. The molecule has 0 aliphatic heterocycles. The van der Waals surface area contributed by atoms with Crippen LogP contribution in [0.2, 0.25) is 0 Å². The second kappa shape index (κ2) is 55.2. The first kappa shape index (κ1) is 77.3. The van der Waals surface area contributed by atoms with Gasteiger partial charge in [-0.3, -0.25) is 9.35 Å². The van der Waals surface area contributed by atoms with Gasteiger partial charge in [-0.25, -0.2) is 4.79 Å². The van der Waals surface area contributed by atoms with Crippen LogP contribution in [0.5, 0.6) is 0 Å². The standard InChI is InChI=1S/C38H74O7S.C13H23NO5.3Na/c1-2-3-4-5-6-7-8-9-10-11-12-13-14-15-16-17-18-19-20-21-22-23-24-25-26-27-28-29-30-31-32-33-34-38(37(41)42,35-36(39)40)46(43,44)45;1-2-3-4-5-6-7-12(17)19-13(18)10(14)8-9-11(15)16;;;/h2-35H2,1H3,(H,39,40)(H,41,42)(H,43,44,45);10H,2-9,14H2,1H3,(H,15,16);;;/q;;3*+1/p-3/t;10-;;;/m.0.../s1. The number of ether oxygens (including phenoxy) is 1. The zero-order chi connectivity index (χ0) is 48.9. The second-order valence-corrected chi connectivity index (χ2v) is 20.2. The van der Waals surface area contributed by atoms with Crippen molar-refractivity contribution < 1.29 is 146 Å². The summed E-state index contributed by atoms with van der Waals surface area (Å²) in [5.41, 5.74) is 5.39. The van der Waals surface area contributed by atoms with Gasteiger partial charge in [-0.05, 0) is 25.7 Å². The number of unbranched alkanes of at least 4 members (excludes halogenated alkanes) is 35. The molecule has 0 radical (unpaired) electrons. The zero-order valence-corrected chi connectivity index (χ0v) is 51.0. The summed E-state index contributed by atoms with van der Waals surface area (Å²) in [4.78, 5) is 55.0. The third-order valence-electron chi connectivity index (χ3n) is 12.4. The van der Waals surface area contributed by atoms with Crippen LogP contribution in [-0.4, -0.2) is 53.6 Å². The van der Waals surface area contributed by atoms with Crippen LogP contribution in [0.4, 0.5) is 0 Å². The number of carboxylic acids is 3. The van der Waals surface area contributed by atoms with Crippen LogP contribution in [0, 0.1) is 0 Å².